The number of nitrogens with one attached hydrogen (secondary N) is 2. The van der Waals surface area contributed by atoms with Gasteiger partial charge in [-0.3, -0.25) is 15.7 Å². The van der Waals surface area contributed by atoms with Crippen LogP contribution in [0.5, 0.6) is 5.75 Å². The summed E-state index contributed by atoms with van der Waals surface area (Å²) in [6, 6.07) is 9.11. The van der Waals surface area contributed by atoms with E-state index in [1.807, 2.05) is 24.3 Å². The van der Waals surface area contributed by atoms with E-state index in [1.54, 1.807) is 6.07 Å². The molecule has 1 heterocycles. The van der Waals surface area contributed by atoms with E-state index in [9.17, 15) is 0 Å². The van der Waals surface area contributed by atoms with Gasteiger partial charge in [-0.25, -0.2) is 0 Å². The first-order valence-corrected chi connectivity index (χ1v) is 7.69. The molecule has 1 unspecified atom stereocenters. The first-order chi connectivity index (χ1) is 11.1. The minimum Gasteiger partial charge on any atom is -0.489 e. The number of amidine groups is 1. The molecule has 0 bridgehead atoms. The lowest BCUT2D eigenvalue weighted by Gasteiger charge is -2.32. The van der Waals surface area contributed by atoms with Gasteiger partial charge in [0.05, 0.1) is 5.69 Å². The standard InChI is InChI=1S/C16H22N6O/c1-2-22-9-3-4-14(11-22)23-13-7-5-12(6-8-13)20-21-15(10-17)16(18)19/h5-8,14,20H,2-4,9,11H2,1H3,(H3,18,19)/b21-15+. The van der Waals surface area contributed by atoms with E-state index in [1.165, 1.54) is 0 Å². The van der Waals surface area contributed by atoms with E-state index in [0.717, 1.165) is 38.2 Å². The van der Waals surface area contributed by atoms with Crippen molar-refractivity contribution in [3.8, 4) is 11.8 Å². The Bertz CT molecular complexity index is 604. The molecule has 1 atom stereocenters. The van der Waals surface area contributed by atoms with E-state index >= 15 is 0 Å². The Labute approximate surface area is 136 Å². The molecule has 0 spiro atoms. The largest absolute Gasteiger partial charge is 0.489 e. The molecule has 1 aromatic rings. The average molecular weight is 314 g/mol. The molecule has 1 fully saturated rings. The zero-order valence-electron chi connectivity index (χ0n) is 13.2. The molecule has 7 heteroatoms. The third kappa shape index (κ3) is 4.97. The van der Waals surface area contributed by atoms with Crippen LogP contribution in [-0.4, -0.2) is 42.2 Å². The number of anilines is 1. The topological polar surface area (TPSA) is 111 Å². The molecule has 4 N–H and O–H groups in total. The molecule has 0 saturated carbocycles. The van der Waals surface area contributed by atoms with Gasteiger partial charge in [0.1, 0.15) is 17.9 Å². The van der Waals surface area contributed by atoms with Gasteiger partial charge in [-0.1, -0.05) is 6.92 Å². The summed E-state index contributed by atoms with van der Waals surface area (Å²) in [4.78, 5) is 2.39. The zero-order valence-corrected chi connectivity index (χ0v) is 13.2. The summed E-state index contributed by atoms with van der Waals surface area (Å²) in [5, 5.41) is 19.8. The SMILES string of the molecule is CCN1CCCC(Oc2ccc(N/N=C(\C#N)C(=N)N)cc2)C1. The van der Waals surface area contributed by atoms with E-state index in [-0.39, 0.29) is 17.7 Å². The number of nitrogens with zero attached hydrogens (tertiary/aromatic N) is 3. The Morgan fingerprint density at radius 3 is 2.87 bits per heavy atom. The van der Waals surface area contributed by atoms with Crippen molar-refractivity contribution in [2.24, 2.45) is 10.8 Å². The summed E-state index contributed by atoms with van der Waals surface area (Å²) in [7, 11) is 0. The number of nitrogens with two attached hydrogens (primary N) is 1. The molecule has 122 valence electrons. The highest BCUT2D eigenvalue weighted by Gasteiger charge is 2.19. The smallest absolute Gasteiger partial charge is 0.201 e. The van der Waals surface area contributed by atoms with Crippen molar-refractivity contribution in [1.82, 2.24) is 4.90 Å². The molecule has 0 radical (unpaired) electrons. The van der Waals surface area contributed by atoms with Crippen molar-refractivity contribution < 1.29 is 4.74 Å². The molecule has 1 saturated heterocycles. The summed E-state index contributed by atoms with van der Waals surface area (Å²) in [5.41, 5.74) is 8.49. The maximum absolute atomic E-state index is 8.78. The number of benzene rings is 1. The van der Waals surface area contributed by atoms with Crippen LogP contribution in [-0.2, 0) is 0 Å². The lowest BCUT2D eigenvalue weighted by atomic mass is 10.1. The second kappa shape index (κ2) is 8.15. The molecule has 23 heavy (non-hydrogen) atoms. The zero-order chi connectivity index (χ0) is 16.7. The van der Waals surface area contributed by atoms with E-state index in [2.05, 4.69) is 22.4 Å². The molecule has 1 aromatic carbocycles. The Balaban J connectivity index is 1.92. The average Bonchev–Trinajstić information content (AvgIpc) is 2.57. The Morgan fingerprint density at radius 1 is 1.52 bits per heavy atom. The number of hydrogen-bond acceptors (Lipinski definition) is 6. The van der Waals surface area contributed by atoms with Crippen LogP contribution in [0, 0.1) is 16.7 Å². The molecular formula is C16H22N6O. The molecule has 1 aliphatic rings. The highest BCUT2D eigenvalue weighted by Crippen LogP contribution is 2.20. The maximum Gasteiger partial charge on any atom is 0.201 e. The highest BCUT2D eigenvalue weighted by atomic mass is 16.5. The molecule has 2 rings (SSSR count). The van der Waals surface area contributed by atoms with Crippen molar-refractivity contribution in [1.29, 1.82) is 10.7 Å². The lowest BCUT2D eigenvalue weighted by molar-refractivity contribution is 0.0920. The number of ether oxygens (including phenoxy) is 1. The predicted octanol–water partition coefficient (Wildman–Crippen LogP) is 1.78. The van der Waals surface area contributed by atoms with Crippen LogP contribution in [0.15, 0.2) is 29.4 Å². The van der Waals surface area contributed by atoms with Crippen LogP contribution < -0.4 is 15.9 Å². The van der Waals surface area contributed by atoms with Gasteiger partial charge in [-0.15, -0.1) is 0 Å². The fourth-order valence-electron chi connectivity index (χ4n) is 2.46. The van der Waals surface area contributed by atoms with E-state index < -0.39 is 0 Å². The van der Waals surface area contributed by atoms with Gasteiger partial charge >= 0.3 is 0 Å². The summed E-state index contributed by atoms with van der Waals surface area (Å²) >= 11 is 0. The van der Waals surface area contributed by atoms with Crippen LogP contribution in [0.3, 0.4) is 0 Å². The van der Waals surface area contributed by atoms with Crippen molar-refractivity contribution in [3.63, 3.8) is 0 Å². The molecule has 0 amide bonds. The maximum atomic E-state index is 8.78. The second-order valence-corrected chi connectivity index (χ2v) is 5.40. The lowest BCUT2D eigenvalue weighted by Crippen LogP contribution is -2.40. The van der Waals surface area contributed by atoms with Crippen LogP contribution in [0.2, 0.25) is 0 Å². The minimum atomic E-state index is -0.363. The van der Waals surface area contributed by atoms with Gasteiger partial charge in [0.25, 0.3) is 0 Å². The number of piperidine rings is 1. The van der Waals surface area contributed by atoms with Gasteiger partial charge in [-0.05, 0) is 50.2 Å². The summed E-state index contributed by atoms with van der Waals surface area (Å²) in [5.74, 6) is 0.451. The molecule has 0 aromatic heterocycles. The summed E-state index contributed by atoms with van der Waals surface area (Å²) in [6.45, 7) is 5.33. The molecule has 0 aliphatic carbocycles. The van der Waals surface area contributed by atoms with Crippen molar-refractivity contribution in [2.45, 2.75) is 25.9 Å². The first-order valence-electron chi connectivity index (χ1n) is 7.69. The minimum absolute atomic E-state index is 0.146. The van der Waals surface area contributed by atoms with E-state index in [4.69, 9.17) is 21.1 Å². The fourth-order valence-corrected chi connectivity index (χ4v) is 2.46. The van der Waals surface area contributed by atoms with Crippen LogP contribution in [0.25, 0.3) is 0 Å². The highest BCUT2D eigenvalue weighted by molar-refractivity contribution is 6.45. The van der Waals surface area contributed by atoms with Crippen molar-refractivity contribution >= 4 is 17.2 Å². The number of hydrazone groups is 1. The van der Waals surface area contributed by atoms with Crippen LogP contribution >= 0.6 is 0 Å². The van der Waals surface area contributed by atoms with Crippen LogP contribution in [0.4, 0.5) is 5.69 Å². The predicted molar refractivity (Wildman–Crippen MR) is 90.8 cm³/mol. The van der Waals surface area contributed by atoms with Crippen molar-refractivity contribution in [3.05, 3.63) is 24.3 Å². The third-order valence-corrected chi connectivity index (χ3v) is 3.72. The van der Waals surface area contributed by atoms with Gasteiger partial charge in [0, 0.05) is 6.54 Å². The van der Waals surface area contributed by atoms with Crippen LogP contribution in [0.1, 0.15) is 19.8 Å². The molecule has 7 nitrogen and oxygen atoms in total. The third-order valence-electron chi connectivity index (χ3n) is 3.72. The Kier molecular flexibility index (Phi) is 5.94. The Morgan fingerprint density at radius 2 is 2.26 bits per heavy atom. The van der Waals surface area contributed by atoms with Gasteiger partial charge < -0.3 is 10.5 Å². The van der Waals surface area contributed by atoms with Crippen molar-refractivity contribution in [2.75, 3.05) is 25.1 Å². The second-order valence-electron chi connectivity index (χ2n) is 5.40. The number of nitriles is 1. The van der Waals surface area contributed by atoms with Gasteiger partial charge in [0.15, 0.2) is 5.84 Å². The normalized spacial score (nSPS) is 19.0. The number of likely N-dealkylation sites (tertiary alicyclic amines) is 1. The number of hydrogen-bond donors (Lipinski definition) is 3. The Hall–Kier alpha value is -2.59. The van der Waals surface area contributed by atoms with Gasteiger partial charge in [-0.2, -0.15) is 10.4 Å². The fraction of sp³-hybridized carbons (Fsp3) is 0.438. The molecular weight excluding hydrogens is 292 g/mol. The quantitative estimate of drug-likeness (QED) is 0.421. The van der Waals surface area contributed by atoms with Gasteiger partial charge in [0.2, 0.25) is 5.71 Å². The number of rotatable bonds is 6. The summed E-state index contributed by atoms with van der Waals surface area (Å²) < 4.78 is 6.02. The monoisotopic (exact) mass is 314 g/mol. The van der Waals surface area contributed by atoms with E-state index in [0.29, 0.717) is 5.69 Å². The molecule has 1 aliphatic heterocycles. The number of likely N-dealkylation sites (N-methyl/N-ethyl adjacent to an activating group) is 1. The first kappa shape index (κ1) is 16.8. The summed E-state index contributed by atoms with van der Waals surface area (Å²) in [6.07, 6.45) is 2.46.